The van der Waals surface area contributed by atoms with Crippen molar-refractivity contribution in [2.75, 3.05) is 7.11 Å². The molecule has 0 aliphatic heterocycles. The predicted molar refractivity (Wildman–Crippen MR) is 92.5 cm³/mol. The van der Waals surface area contributed by atoms with Crippen molar-refractivity contribution in [2.45, 2.75) is 12.2 Å². The SMILES string of the molecule is COC(=O)C(O)c1cccc(Cl)c1.O=C(O)[C@H](O)c1cccc(Cl)c1. The lowest BCUT2D eigenvalue weighted by Crippen LogP contribution is -2.13. The third kappa shape index (κ3) is 6.72. The van der Waals surface area contributed by atoms with Crippen molar-refractivity contribution in [2.24, 2.45) is 0 Å². The molecule has 8 heteroatoms. The molecule has 0 radical (unpaired) electrons. The molecule has 0 saturated heterocycles. The Morgan fingerprint density at radius 3 is 1.72 bits per heavy atom. The van der Waals surface area contributed by atoms with Crippen molar-refractivity contribution in [1.29, 1.82) is 0 Å². The molecular weight excluding hydrogens is 371 g/mol. The van der Waals surface area contributed by atoms with Crippen LogP contribution >= 0.6 is 23.2 Å². The van der Waals surface area contributed by atoms with Crippen molar-refractivity contribution >= 4 is 35.1 Å². The van der Waals surface area contributed by atoms with Gasteiger partial charge in [-0.05, 0) is 35.4 Å². The number of benzene rings is 2. The minimum Gasteiger partial charge on any atom is -0.479 e. The van der Waals surface area contributed by atoms with Crippen LogP contribution in [-0.4, -0.2) is 34.4 Å². The summed E-state index contributed by atoms with van der Waals surface area (Å²) in [5.74, 6) is -1.97. The van der Waals surface area contributed by atoms with Gasteiger partial charge in [0.2, 0.25) is 0 Å². The van der Waals surface area contributed by atoms with Crippen LogP contribution in [0.1, 0.15) is 23.3 Å². The molecular formula is C17H16Cl2O6. The number of carbonyl (C=O) groups excluding carboxylic acids is 1. The number of carboxylic acids is 1. The molecule has 2 atom stereocenters. The number of halogens is 2. The number of rotatable bonds is 4. The number of esters is 1. The number of aliphatic carboxylic acids is 1. The third-order valence-electron chi connectivity index (χ3n) is 2.99. The van der Waals surface area contributed by atoms with E-state index in [2.05, 4.69) is 4.74 Å². The fraction of sp³-hybridized carbons (Fsp3) is 0.176. The van der Waals surface area contributed by atoms with Gasteiger partial charge in [-0.15, -0.1) is 0 Å². The second-order valence-corrected chi connectivity index (χ2v) is 5.65. The zero-order chi connectivity index (χ0) is 19.0. The van der Waals surface area contributed by atoms with E-state index in [4.69, 9.17) is 33.4 Å². The van der Waals surface area contributed by atoms with E-state index in [1.807, 2.05) is 0 Å². The van der Waals surface area contributed by atoms with Gasteiger partial charge in [-0.3, -0.25) is 0 Å². The van der Waals surface area contributed by atoms with Crippen molar-refractivity contribution < 1.29 is 29.6 Å². The average Bonchev–Trinajstić information content (AvgIpc) is 2.60. The van der Waals surface area contributed by atoms with Crippen molar-refractivity contribution in [3.05, 3.63) is 69.7 Å². The smallest absolute Gasteiger partial charge is 0.339 e. The van der Waals surface area contributed by atoms with Gasteiger partial charge in [0.15, 0.2) is 12.2 Å². The standard InChI is InChI=1S/C9H9ClO3.C8H7ClO3/c1-13-9(12)8(11)6-3-2-4-7(10)5-6;9-6-3-1-2-5(4-6)7(10)8(11)12/h2-5,8,11H,1H3;1-4,7,10H,(H,11,12)/t;7-/m.1/s1. The monoisotopic (exact) mass is 386 g/mol. The Kier molecular flexibility index (Phi) is 8.37. The van der Waals surface area contributed by atoms with Crippen LogP contribution in [-0.2, 0) is 14.3 Å². The van der Waals surface area contributed by atoms with Crippen LogP contribution < -0.4 is 0 Å². The molecule has 134 valence electrons. The maximum Gasteiger partial charge on any atom is 0.339 e. The van der Waals surface area contributed by atoms with Crippen LogP contribution in [0.2, 0.25) is 10.0 Å². The molecule has 0 fully saturated rings. The second-order valence-electron chi connectivity index (χ2n) is 4.78. The molecule has 0 aromatic heterocycles. The van der Waals surface area contributed by atoms with Crippen LogP contribution in [0.4, 0.5) is 0 Å². The number of ether oxygens (including phenoxy) is 1. The summed E-state index contributed by atoms with van der Waals surface area (Å²) in [6, 6.07) is 12.6. The number of methoxy groups -OCH3 is 1. The third-order valence-corrected chi connectivity index (χ3v) is 3.46. The average molecular weight is 387 g/mol. The van der Waals surface area contributed by atoms with Crippen LogP contribution in [0.15, 0.2) is 48.5 Å². The van der Waals surface area contributed by atoms with Gasteiger partial charge in [0.05, 0.1) is 7.11 Å². The van der Waals surface area contributed by atoms with Gasteiger partial charge >= 0.3 is 11.9 Å². The maximum atomic E-state index is 10.9. The van der Waals surface area contributed by atoms with E-state index in [1.165, 1.54) is 25.3 Å². The highest BCUT2D eigenvalue weighted by Crippen LogP contribution is 2.18. The molecule has 2 rings (SSSR count). The van der Waals surface area contributed by atoms with E-state index in [0.29, 0.717) is 15.6 Å². The van der Waals surface area contributed by atoms with Gasteiger partial charge in [-0.1, -0.05) is 47.5 Å². The zero-order valence-corrected chi connectivity index (χ0v) is 14.6. The summed E-state index contributed by atoms with van der Waals surface area (Å²) in [6.07, 6.45) is -2.76. The first-order valence-electron chi connectivity index (χ1n) is 6.94. The number of carboxylic acid groups (broad SMARTS) is 1. The van der Waals surface area contributed by atoms with E-state index < -0.39 is 24.1 Å². The minimum atomic E-state index is -1.50. The van der Waals surface area contributed by atoms with Crippen molar-refractivity contribution in [1.82, 2.24) is 0 Å². The Hall–Kier alpha value is -2.12. The Labute approximate surface area is 154 Å². The van der Waals surface area contributed by atoms with Crippen molar-refractivity contribution in [3.8, 4) is 0 Å². The Morgan fingerprint density at radius 1 is 0.920 bits per heavy atom. The molecule has 1 unspecified atom stereocenters. The first kappa shape index (κ1) is 20.9. The largest absolute Gasteiger partial charge is 0.479 e. The molecule has 3 N–H and O–H groups in total. The highest BCUT2D eigenvalue weighted by Gasteiger charge is 2.17. The maximum absolute atomic E-state index is 10.9. The van der Waals surface area contributed by atoms with E-state index in [0.717, 1.165) is 0 Å². The number of aliphatic hydroxyl groups excluding tert-OH is 2. The summed E-state index contributed by atoms with van der Waals surface area (Å²) in [5.41, 5.74) is 0.717. The zero-order valence-electron chi connectivity index (χ0n) is 13.1. The minimum absolute atomic E-state index is 0.287. The highest BCUT2D eigenvalue weighted by atomic mass is 35.5. The van der Waals surface area contributed by atoms with Gasteiger partial charge in [0.25, 0.3) is 0 Å². The fourth-order valence-electron chi connectivity index (χ4n) is 1.74. The van der Waals surface area contributed by atoms with Gasteiger partial charge < -0.3 is 20.1 Å². The lowest BCUT2D eigenvalue weighted by atomic mass is 10.1. The van der Waals surface area contributed by atoms with Crippen molar-refractivity contribution in [3.63, 3.8) is 0 Å². The van der Waals surface area contributed by atoms with E-state index in [9.17, 15) is 14.7 Å². The van der Waals surface area contributed by atoms with Crippen LogP contribution in [0.25, 0.3) is 0 Å². The Morgan fingerprint density at radius 2 is 1.36 bits per heavy atom. The summed E-state index contributed by atoms with van der Waals surface area (Å²) in [5, 5.41) is 27.8. The lowest BCUT2D eigenvalue weighted by Gasteiger charge is -2.07. The topological polar surface area (TPSA) is 104 Å². The molecule has 0 bridgehead atoms. The van der Waals surface area contributed by atoms with Gasteiger partial charge in [-0.2, -0.15) is 0 Å². The van der Waals surface area contributed by atoms with E-state index in [-0.39, 0.29) is 5.56 Å². The molecule has 6 nitrogen and oxygen atoms in total. The molecule has 2 aromatic carbocycles. The fourth-order valence-corrected chi connectivity index (χ4v) is 2.14. The summed E-state index contributed by atoms with van der Waals surface area (Å²) >= 11 is 11.3. The molecule has 0 spiro atoms. The van der Waals surface area contributed by atoms with Gasteiger partial charge in [-0.25, -0.2) is 9.59 Å². The van der Waals surface area contributed by atoms with E-state index >= 15 is 0 Å². The number of hydrogen-bond acceptors (Lipinski definition) is 5. The predicted octanol–water partition coefficient (Wildman–Crippen LogP) is 3.00. The van der Waals surface area contributed by atoms with Crippen LogP contribution in [0, 0.1) is 0 Å². The quantitative estimate of drug-likeness (QED) is 0.697. The number of hydrogen-bond donors (Lipinski definition) is 3. The molecule has 0 heterocycles. The van der Waals surface area contributed by atoms with Crippen LogP contribution in [0.3, 0.4) is 0 Å². The number of carbonyl (C=O) groups is 2. The summed E-state index contributed by atoms with van der Waals surface area (Å²) in [7, 11) is 1.22. The normalized spacial score (nSPS) is 12.4. The summed E-state index contributed by atoms with van der Waals surface area (Å²) in [6.45, 7) is 0. The first-order chi connectivity index (χ1) is 11.8. The van der Waals surface area contributed by atoms with Gasteiger partial charge in [0.1, 0.15) is 0 Å². The summed E-state index contributed by atoms with van der Waals surface area (Å²) < 4.78 is 4.37. The summed E-state index contributed by atoms with van der Waals surface area (Å²) in [4.78, 5) is 21.2. The molecule has 0 amide bonds. The lowest BCUT2D eigenvalue weighted by molar-refractivity contribution is -0.150. The second kappa shape index (κ2) is 10.0. The number of aliphatic hydroxyl groups is 2. The molecule has 25 heavy (non-hydrogen) atoms. The van der Waals surface area contributed by atoms with Gasteiger partial charge in [0, 0.05) is 10.0 Å². The van der Waals surface area contributed by atoms with E-state index in [1.54, 1.807) is 30.3 Å². The Bertz CT molecular complexity index is 735. The first-order valence-corrected chi connectivity index (χ1v) is 7.69. The Balaban J connectivity index is 0.000000251. The molecule has 0 aliphatic rings. The molecule has 0 aliphatic carbocycles. The molecule has 0 saturated carbocycles. The van der Waals surface area contributed by atoms with Crippen LogP contribution in [0.5, 0.6) is 0 Å². The highest BCUT2D eigenvalue weighted by molar-refractivity contribution is 6.30. The molecule has 2 aromatic rings.